The van der Waals surface area contributed by atoms with Crippen LogP contribution in [0, 0.1) is 5.92 Å². The van der Waals surface area contributed by atoms with E-state index in [2.05, 4.69) is 25.8 Å². The maximum atomic E-state index is 5.64. The lowest BCUT2D eigenvalue weighted by Gasteiger charge is -2.25. The van der Waals surface area contributed by atoms with Crippen LogP contribution in [-0.2, 0) is 4.74 Å². The molecule has 20 heavy (non-hydrogen) atoms. The van der Waals surface area contributed by atoms with E-state index < -0.39 is 0 Å². The van der Waals surface area contributed by atoms with Crippen molar-refractivity contribution in [1.29, 1.82) is 0 Å². The molecule has 1 fully saturated rings. The van der Waals surface area contributed by atoms with Gasteiger partial charge in [-0.15, -0.1) is 0 Å². The van der Waals surface area contributed by atoms with Crippen LogP contribution in [-0.4, -0.2) is 49.0 Å². The van der Waals surface area contributed by atoms with Crippen molar-refractivity contribution in [3.8, 4) is 0 Å². The monoisotopic (exact) mass is 302 g/mol. The van der Waals surface area contributed by atoms with Crippen LogP contribution in [0.4, 0.5) is 0 Å². The van der Waals surface area contributed by atoms with Gasteiger partial charge in [0.25, 0.3) is 0 Å². The van der Waals surface area contributed by atoms with Crippen molar-refractivity contribution in [2.75, 3.05) is 27.2 Å². The Bertz CT molecular complexity index is 273. The highest BCUT2D eigenvalue weighted by Gasteiger charge is 2.48. The second kappa shape index (κ2) is 8.62. The Morgan fingerprint density at radius 1 is 1.45 bits per heavy atom. The fourth-order valence-electron chi connectivity index (χ4n) is 2.95. The molecule has 4 heteroatoms. The van der Waals surface area contributed by atoms with Crippen molar-refractivity contribution in [3.63, 3.8) is 0 Å². The molecule has 2 N–H and O–H groups in total. The molecule has 0 heterocycles. The van der Waals surface area contributed by atoms with Crippen molar-refractivity contribution < 1.29 is 4.74 Å². The summed E-state index contributed by atoms with van der Waals surface area (Å²) in [6, 6.07) is 0.656. The zero-order valence-corrected chi connectivity index (χ0v) is 14.7. The molecular formula is C16H34N2OS. The number of methoxy groups -OCH3 is 1. The Morgan fingerprint density at radius 2 is 2.15 bits per heavy atom. The summed E-state index contributed by atoms with van der Waals surface area (Å²) in [6.45, 7) is 6.35. The van der Waals surface area contributed by atoms with Gasteiger partial charge in [0.15, 0.2) is 0 Å². The van der Waals surface area contributed by atoms with Gasteiger partial charge < -0.3 is 15.4 Å². The summed E-state index contributed by atoms with van der Waals surface area (Å²) >= 11 is 4.78. The Hall–Kier alpha value is 0.230. The van der Waals surface area contributed by atoms with E-state index in [9.17, 15) is 0 Å². The molecule has 0 aromatic heterocycles. The lowest BCUT2D eigenvalue weighted by molar-refractivity contribution is 0.0956. The fraction of sp³-hybridized carbons (Fsp3) is 1.00. The predicted octanol–water partition coefficient (Wildman–Crippen LogP) is 2.94. The average Bonchev–Trinajstić information content (AvgIpc) is 3.12. The molecule has 4 unspecified atom stereocenters. The first kappa shape index (κ1) is 18.3. The van der Waals surface area contributed by atoms with Gasteiger partial charge in [0.1, 0.15) is 0 Å². The largest absolute Gasteiger partial charge is 0.380 e. The number of nitrogens with two attached hydrogens (primary N) is 1. The molecule has 0 saturated heterocycles. The lowest BCUT2D eigenvalue weighted by atomic mass is 10.1. The smallest absolute Gasteiger partial charge is 0.0694 e. The Kier molecular flexibility index (Phi) is 7.88. The van der Waals surface area contributed by atoms with Gasteiger partial charge >= 0.3 is 0 Å². The number of rotatable bonds is 11. The second-order valence-corrected chi connectivity index (χ2v) is 7.39. The molecule has 4 atom stereocenters. The van der Waals surface area contributed by atoms with E-state index in [1.807, 2.05) is 0 Å². The molecule has 3 nitrogen and oxygen atoms in total. The van der Waals surface area contributed by atoms with Gasteiger partial charge in [-0.25, -0.2) is 0 Å². The predicted molar refractivity (Wildman–Crippen MR) is 90.5 cm³/mol. The van der Waals surface area contributed by atoms with Crippen LogP contribution in [0.3, 0.4) is 0 Å². The third-order valence-corrected chi connectivity index (χ3v) is 5.99. The number of ether oxygens (including phenoxy) is 1. The van der Waals surface area contributed by atoms with Gasteiger partial charge in [0.05, 0.1) is 6.10 Å². The summed E-state index contributed by atoms with van der Waals surface area (Å²) in [4.78, 5) is 2.47. The summed E-state index contributed by atoms with van der Waals surface area (Å²) in [6.07, 6.45) is 7.57. The number of hydrogen-bond donors (Lipinski definition) is 2. The molecule has 0 aliphatic heterocycles. The van der Waals surface area contributed by atoms with Crippen molar-refractivity contribution in [1.82, 2.24) is 4.90 Å². The minimum absolute atomic E-state index is 0.222. The fourth-order valence-corrected chi connectivity index (χ4v) is 3.30. The summed E-state index contributed by atoms with van der Waals surface area (Å²) in [5, 5.41) is 0. The molecule has 0 bridgehead atoms. The van der Waals surface area contributed by atoms with E-state index in [-0.39, 0.29) is 6.10 Å². The lowest BCUT2D eigenvalue weighted by Crippen LogP contribution is -2.31. The third-order valence-electron chi connectivity index (χ3n) is 5.13. The summed E-state index contributed by atoms with van der Waals surface area (Å²) in [5.74, 6) is 0.849. The van der Waals surface area contributed by atoms with E-state index in [1.54, 1.807) is 7.11 Å². The molecule has 0 aromatic carbocycles. The van der Waals surface area contributed by atoms with Crippen molar-refractivity contribution in [2.24, 2.45) is 11.7 Å². The SMILES string of the molecule is CCC1(S)CC1CCC(C)N(C)CCCC(CN)OC. The van der Waals surface area contributed by atoms with Gasteiger partial charge in [0, 0.05) is 24.4 Å². The van der Waals surface area contributed by atoms with Crippen LogP contribution >= 0.6 is 12.6 Å². The standard InChI is InChI=1S/C16H34N2OS/c1-5-16(20)11-14(16)9-8-13(2)18(3)10-6-7-15(12-17)19-4/h13-15,20H,5-12,17H2,1-4H3. The Labute approximate surface area is 131 Å². The average molecular weight is 303 g/mol. The summed E-state index contributed by atoms with van der Waals surface area (Å²) in [7, 11) is 3.98. The van der Waals surface area contributed by atoms with E-state index in [0.29, 0.717) is 17.3 Å². The van der Waals surface area contributed by atoms with E-state index in [1.165, 1.54) is 25.7 Å². The first-order valence-electron chi connectivity index (χ1n) is 8.12. The molecule has 120 valence electrons. The highest BCUT2D eigenvalue weighted by molar-refractivity contribution is 7.82. The van der Waals surface area contributed by atoms with E-state index in [0.717, 1.165) is 25.3 Å². The minimum Gasteiger partial charge on any atom is -0.380 e. The molecule has 1 aliphatic rings. The van der Waals surface area contributed by atoms with E-state index in [4.69, 9.17) is 23.1 Å². The Morgan fingerprint density at radius 3 is 2.65 bits per heavy atom. The van der Waals surface area contributed by atoms with E-state index >= 15 is 0 Å². The quantitative estimate of drug-likeness (QED) is 0.576. The maximum Gasteiger partial charge on any atom is 0.0694 e. The second-order valence-electron chi connectivity index (χ2n) is 6.50. The number of hydrogen-bond acceptors (Lipinski definition) is 4. The van der Waals surface area contributed by atoms with Gasteiger partial charge in [-0.3, -0.25) is 0 Å². The van der Waals surface area contributed by atoms with Crippen LogP contribution in [0.15, 0.2) is 0 Å². The zero-order valence-electron chi connectivity index (χ0n) is 13.8. The van der Waals surface area contributed by atoms with Crippen LogP contribution in [0.25, 0.3) is 0 Å². The van der Waals surface area contributed by atoms with Gasteiger partial charge in [-0.05, 0) is 65.0 Å². The molecule has 1 aliphatic carbocycles. The van der Waals surface area contributed by atoms with Crippen LogP contribution in [0.2, 0.25) is 0 Å². The van der Waals surface area contributed by atoms with Crippen molar-refractivity contribution in [2.45, 2.75) is 69.3 Å². The minimum atomic E-state index is 0.222. The summed E-state index contributed by atoms with van der Waals surface area (Å²) in [5.41, 5.74) is 5.64. The van der Waals surface area contributed by atoms with Gasteiger partial charge in [-0.2, -0.15) is 12.6 Å². The first-order valence-corrected chi connectivity index (χ1v) is 8.57. The first-order chi connectivity index (χ1) is 9.46. The molecule has 1 saturated carbocycles. The van der Waals surface area contributed by atoms with Crippen LogP contribution < -0.4 is 5.73 Å². The zero-order chi connectivity index (χ0) is 15.2. The number of nitrogens with zero attached hydrogens (tertiary/aromatic N) is 1. The normalized spacial score (nSPS) is 28.6. The molecule has 0 spiro atoms. The van der Waals surface area contributed by atoms with Crippen molar-refractivity contribution >= 4 is 12.6 Å². The highest BCUT2D eigenvalue weighted by atomic mass is 32.1. The third kappa shape index (κ3) is 5.55. The molecule has 0 aromatic rings. The van der Waals surface area contributed by atoms with Gasteiger partial charge in [-0.1, -0.05) is 6.92 Å². The Balaban J connectivity index is 2.12. The molecule has 1 rings (SSSR count). The van der Waals surface area contributed by atoms with Gasteiger partial charge in [0.2, 0.25) is 0 Å². The number of thiol groups is 1. The van der Waals surface area contributed by atoms with Crippen molar-refractivity contribution in [3.05, 3.63) is 0 Å². The van der Waals surface area contributed by atoms with Crippen LogP contribution in [0.5, 0.6) is 0 Å². The molecule has 0 amide bonds. The molecule has 0 radical (unpaired) electrons. The highest BCUT2D eigenvalue weighted by Crippen LogP contribution is 2.54. The van der Waals surface area contributed by atoms with Crippen LogP contribution in [0.1, 0.15) is 52.4 Å². The maximum absolute atomic E-state index is 5.64. The molecular weight excluding hydrogens is 268 g/mol. The summed E-state index contributed by atoms with van der Waals surface area (Å²) < 4.78 is 5.68. The topological polar surface area (TPSA) is 38.5 Å².